The molecule has 1 amide bonds. The van der Waals surface area contributed by atoms with Gasteiger partial charge in [0.1, 0.15) is 5.75 Å². The molecule has 1 heterocycles. The van der Waals surface area contributed by atoms with Gasteiger partial charge in [-0.2, -0.15) is 0 Å². The summed E-state index contributed by atoms with van der Waals surface area (Å²) in [7, 11) is 0. The molecule has 0 saturated carbocycles. The number of fused-ring (bicyclic) bond motifs is 1. The van der Waals surface area contributed by atoms with Crippen LogP contribution in [0.5, 0.6) is 5.75 Å². The molecule has 2 aromatic carbocycles. The highest BCUT2D eigenvalue weighted by Crippen LogP contribution is 2.30. The first kappa shape index (κ1) is 14.2. The zero-order valence-electron chi connectivity index (χ0n) is 11.0. The minimum Gasteiger partial charge on any atom is -0.482 e. The van der Waals surface area contributed by atoms with Gasteiger partial charge in [-0.05, 0) is 51.8 Å². The average molecular weight is 368 g/mol. The van der Waals surface area contributed by atoms with Gasteiger partial charge in [-0.15, -0.1) is 0 Å². The maximum Gasteiger partial charge on any atom is 0.262 e. The Morgan fingerprint density at radius 3 is 2.95 bits per heavy atom. The Morgan fingerprint density at radius 2 is 2.14 bits per heavy atom. The fourth-order valence-corrected chi connectivity index (χ4v) is 2.59. The number of halogens is 2. The van der Waals surface area contributed by atoms with Crippen LogP contribution in [0, 0.1) is 0 Å². The summed E-state index contributed by atoms with van der Waals surface area (Å²) in [6.07, 6.45) is 0. The molecular formula is C15H12BrClN2O2. The van der Waals surface area contributed by atoms with Gasteiger partial charge in [-0.3, -0.25) is 4.79 Å². The zero-order chi connectivity index (χ0) is 14.8. The Hall–Kier alpha value is -1.72. The molecule has 0 fully saturated rings. The standard InChI is InChI=1S/C15H12BrClN2O2/c16-11-5-9(1-3-12(11)17)7-18-10-2-4-14-13(6-10)19-15(20)8-21-14/h1-6,18H,7-8H2,(H,19,20). The van der Waals surface area contributed by atoms with Gasteiger partial charge in [0, 0.05) is 16.7 Å². The molecule has 0 atom stereocenters. The van der Waals surface area contributed by atoms with Crippen LogP contribution in [0.3, 0.4) is 0 Å². The van der Waals surface area contributed by atoms with Crippen LogP contribution in [0.1, 0.15) is 5.56 Å². The first-order chi connectivity index (χ1) is 10.1. The highest BCUT2D eigenvalue weighted by atomic mass is 79.9. The van der Waals surface area contributed by atoms with Crippen LogP contribution in [0.15, 0.2) is 40.9 Å². The van der Waals surface area contributed by atoms with Gasteiger partial charge in [-0.1, -0.05) is 17.7 Å². The molecule has 2 N–H and O–H groups in total. The Bertz CT molecular complexity index is 706. The fourth-order valence-electron chi connectivity index (χ4n) is 2.05. The molecule has 108 valence electrons. The highest BCUT2D eigenvalue weighted by molar-refractivity contribution is 9.10. The van der Waals surface area contributed by atoms with E-state index < -0.39 is 0 Å². The lowest BCUT2D eigenvalue weighted by Gasteiger charge is -2.19. The predicted octanol–water partition coefficient (Wildman–Crippen LogP) is 4.05. The summed E-state index contributed by atoms with van der Waals surface area (Å²) in [5, 5.41) is 6.78. The molecule has 0 bridgehead atoms. The number of nitrogens with one attached hydrogen (secondary N) is 2. The predicted molar refractivity (Wildman–Crippen MR) is 87.0 cm³/mol. The fraction of sp³-hybridized carbons (Fsp3) is 0.133. The summed E-state index contributed by atoms with van der Waals surface area (Å²) in [5.41, 5.74) is 2.70. The third-order valence-corrected chi connectivity index (χ3v) is 4.31. The van der Waals surface area contributed by atoms with Crippen molar-refractivity contribution in [1.29, 1.82) is 0 Å². The normalized spacial score (nSPS) is 13.1. The van der Waals surface area contributed by atoms with Crippen molar-refractivity contribution in [3.8, 4) is 5.75 Å². The van der Waals surface area contributed by atoms with E-state index in [1.165, 1.54) is 0 Å². The molecule has 6 heteroatoms. The van der Waals surface area contributed by atoms with Gasteiger partial charge < -0.3 is 15.4 Å². The molecule has 2 aromatic rings. The number of hydrogen-bond donors (Lipinski definition) is 2. The van der Waals surface area contributed by atoms with Crippen molar-refractivity contribution in [2.75, 3.05) is 17.2 Å². The molecule has 0 radical (unpaired) electrons. The first-order valence-electron chi connectivity index (χ1n) is 6.36. The zero-order valence-corrected chi connectivity index (χ0v) is 13.3. The van der Waals surface area contributed by atoms with E-state index in [1.54, 1.807) is 0 Å². The number of amides is 1. The number of anilines is 2. The van der Waals surface area contributed by atoms with Crippen molar-refractivity contribution in [1.82, 2.24) is 0 Å². The number of benzene rings is 2. The Labute approximate surface area is 135 Å². The Balaban J connectivity index is 1.72. The van der Waals surface area contributed by atoms with E-state index >= 15 is 0 Å². The number of ether oxygens (including phenoxy) is 1. The summed E-state index contributed by atoms with van der Waals surface area (Å²) in [4.78, 5) is 11.3. The lowest BCUT2D eigenvalue weighted by Crippen LogP contribution is -2.25. The van der Waals surface area contributed by atoms with Crippen molar-refractivity contribution in [2.24, 2.45) is 0 Å². The van der Waals surface area contributed by atoms with Crippen molar-refractivity contribution in [3.63, 3.8) is 0 Å². The maximum absolute atomic E-state index is 11.3. The minimum atomic E-state index is -0.138. The molecule has 21 heavy (non-hydrogen) atoms. The van der Waals surface area contributed by atoms with E-state index in [-0.39, 0.29) is 12.5 Å². The summed E-state index contributed by atoms with van der Waals surface area (Å²) in [5.74, 6) is 0.552. The summed E-state index contributed by atoms with van der Waals surface area (Å²) in [6, 6.07) is 11.4. The van der Waals surface area contributed by atoms with Crippen LogP contribution in [-0.2, 0) is 11.3 Å². The first-order valence-corrected chi connectivity index (χ1v) is 7.53. The SMILES string of the molecule is O=C1COc2ccc(NCc3ccc(Cl)c(Br)c3)cc2N1. The van der Waals surface area contributed by atoms with Crippen LogP contribution in [0.25, 0.3) is 0 Å². The van der Waals surface area contributed by atoms with Crippen LogP contribution in [-0.4, -0.2) is 12.5 Å². The van der Waals surface area contributed by atoms with Crippen molar-refractivity contribution in [2.45, 2.75) is 6.54 Å². The summed E-state index contributed by atoms with van der Waals surface area (Å²) in [6.45, 7) is 0.724. The van der Waals surface area contributed by atoms with Gasteiger partial charge in [0.05, 0.1) is 10.7 Å². The summed E-state index contributed by atoms with van der Waals surface area (Å²) < 4.78 is 6.19. The third kappa shape index (κ3) is 3.31. The molecule has 1 aliphatic heterocycles. The van der Waals surface area contributed by atoms with E-state index in [4.69, 9.17) is 16.3 Å². The number of rotatable bonds is 3. The lowest BCUT2D eigenvalue weighted by atomic mass is 10.2. The Morgan fingerprint density at radius 1 is 1.29 bits per heavy atom. The largest absolute Gasteiger partial charge is 0.482 e. The monoisotopic (exact) mass is 366 g/mol. The van der Waals surface area contributed by atoms with Crippen molar-refractivity contribution >= 4 is 44.8 Å². The van der Waals surface area contributed by atoms with Crippen molar-refractivity contribution in [3.05, 3.63) is 51.5 Å². The molecule has 0 saturated heterocycles. The maximum atomic E-state index is 11.3. The van der Waals surface area contributed by atoms with E-state index in [2.05, 4.69) is 26.6 Å². The second-order valence-corrected chi connectivity index (χ2v) is 5.91. The minimum absolute atomic E-state index is 0.0680. The second kappa shape index (κ2) is 5.95. The van der Waals surface area contributed by atoms with E-state index in [9.17, 15) is 4.79 Å². The molecule has 1 aliphatic rings. The molecule has 0 spiro atoms. The van der Waals surface area contributed by atoms with E-state index in [0.29, 0.717) is 23.0 Å². The Kier molecular flexibility index (Phi) is 4.03. The molecule has 3 rings (SSSR count). The number of hydrogen-bond acceptors (Lipinski definition) is 3. The molecule has 0 aromatic heterocycles. The number of carbonyl (C=O) groups is 1. The molecule has 0 aliphatic carbocycles. The van der Waals surface area contributed by atoms with Gasteiger partial charge in [-0.25, -0.2) is 0 Å². The van der Waals surface area contributed by atoms with Crippen LogP contribution < -0.4 is 15.4 Å². The van der Waals surface area contributed by atoms with Crippen LogP contribution in [0.2, 0.25) is 5.02 Å². The smallest absolute Gasteiger partial charge is 0.262 e. The second-order valence-electron chi connectivity index (χ2n) is 4.65. The van der Waals surface area contributed by atoms with Crippen molar-refractivity contribution < 1.29 is 9.53 Å². The van der Waals surface area contributed by atoms with Gasteiger partial charge in [0.25, 0.3) is 5.91 Å². The average Bonchev–Trinajstić information content (AvgIpc) is 2.48. The molecule has 4 nitrogen and oxygen atoms in total. The van der Waals surface area contributed by atoms with Crippen LogP contribution in [0.4, 0.5) is 11.4 Å². The highest BCUT2D eigenvalue weighted by Gasteiger charge is 2.15. The molecular weight excluding hydrogens is 356 g/mol. The molecule has 0 unspecified atom stereocenters. The van der Waals surface area contributed by atoms with E-state index in [0.717, 1.165) is 15.7 Å². The quantitative estimate of drug-likeness (QED) is 0.860. The summed E-state index contributed by atoms with van der Waals surface area (Å²) >= 11 is 9.37. The number of carbonyl (C=O) groups excluding carboxylic acids is 1. The third-order valence-electron chi connectivity index (χ3n) is 3.09. The van der Waals surface area contributed by atoms with Crippen LogP contribution >= 0.6 is 27.5 Å². The van der Waals surface area contributed by atoms with Gasteiger partial charge >= 0.3 is 0 Å². The van der Waals surface area contributed by atoms with Gasteiger partial charge in [0.15, 0.2) is 6.61 Å². The van der Waals surface area contributed by atoms with E-state index in [1.807, 2.05) is 36.4 Å². The van der Waals surface area contributed by atoms with Gasteiger partial charge in [0.2, 0.25) is 0 Å². The topological polar surface area (TPSA) is 50.4 Å². The lowest BCUT2D eigenvalue weighted by molar-refractivity contribution is -0.118.